The molecular weight excluding hydrogens is 297 g/mol. The Bertz CT molecular complexity index is 681. The minimum absolute atomic E-state index is 0.313. The molecule has 0 N–H and O–H groups in total. The molecule has 0 aliphatic heterocycles. The quantitative estimate of drug-likeness (QED) is 0.624. The van der Waals surface area contributed by atoms with Gasteiger partial charge in [-0.25, -0.2) is 26.3 Å². The summed E-state index contributed by atoms with van der Waals surface area (Å²) in [5, 5.41) is 0. The van der Waals surface area contributed by atoms with Crippen molar-refractivity contribution in [1.29, 1.82) is 0 Å². The van der Waals surface area contributed by atoms with E-state index in [4.69, 9.17) is 0 Å². The third kappa shape index (κ3) is 2.84. The molecule has 2 aromatic carbocycles. The molecule has 0 atom stereocenters. The van der Waals surface area contributed by atoms with Crippen LogP contribution >= 0.6 is 0 Å². The molecule has 0 bridgehead atoms. The van der Waals surface area contributed by atoms with Crippen LogP contribution in [0.5, 0.6) is 5.75 Å². The molecule has 0 aliphatic carbocycles. The lowest BCUT2D eigenvalue weighted by atomic mass is 9.63. The lowest BCUT2D eigenvalue weighted by Crippen LogP contribution is -2.37. The number of hydrogen-bond donors (Lipinski definition) is 0. The van der Waals surface area contributed by atoms with Crippen LogP contribution in [0.3, 0.4) is 0 Å². The van der Waals surface area contributed by atoms with Gasteiger partial charge < -0.3 is 4.74 Å². The van der Waals surface area contributed by atoms with Crippen LogP contribution in [0.2, 0.25) is 0 Å². The van der Waals surface area contributed by atoms with Gasteiger partial charge >= 0.3 is 0 Å². The van der Waals surface area contributed by atoms with Crippen LogP contribution in [0.4, 0.5) is 26.3 Å². The fourth-order valence-corrected chi connectivity index (χ4v) is 1.74. The maximum atomic E-state index is 13.9. The molecule has 0 heterocycles. The third-order valence-corrected chi connectivity index (χ3v) is 2.70. The Morgan fingerprint density at radius 3 is 1.81 bits per heavy atom. The zero-order chi connectivity index (χ0) is 15.7. The summed E-state index contributed by atoms with van der Waals surface area (Å²) < 4.78 is 84.8. The fourth-order valence-electron chi connectivity index (χ4n) is 1.74. The molecular formula is C13H6BF6O. The Morgan fingerprint density at radius 2 is 1.29 bits per heavy atom. The summed E-state index contributed by atoms with van der Waals surface area (Å²) in [5.74, 6) is -8.92. The fraction of sp³-hybridized carbons (Fsp3) is 0.0769. The Morgan fingerprint density at radius 1 is 0.762 bits per heavy atom. The summed E-state index contributed by atoms with van der Waals surface area (Å²) in [6.45, 7) is 0. The topological polar surface area (TPSA) is 9.23 Å². The first-order valence-electron chi connectivity index (χ1n) is 5.56. The molecule has 109 valence electrons. The first kappa shape index (κ1) is 15.3. The lowest BCUT2D eigenvalue weighted by molar-refractivity contribution is 0.358. The molecule has 0 spiro atoms. The maximum absolute atomic E-state index is 13.9. The van der Waals surface area contributed by atoms with Crippen molar-refractivity contribution >= 4 is 18.2 Å². The van der Waals surface area contributed by atoms with Gasteiger partial charge in [-0.15, -0.1) is 0 Å². The molecule has 0 saturated heterocycles. The minimum atomic E-state index is -1.46. The molecule has 0 amide bonds. The van der Waals surface area contributed by atoms with Crippen molar-refractivity contribution in [3.63, 3.8) is 0 Å². The average molecular weight is 303 g/mol. The van der Waals surface area contributed by atoms with E-state index in [0.29, 0.717) is 25.5 Å². The minimum Gasteiger partial charge on any atom is -0.491 e. The Balaban J connectivity index is 2.55. The van der Waals surface area contributed by atoms with Crippen molar-refractivity contribution in [2.75, 3.05) is 7.11 Å². The smallest absolute Gasteiger partial charge is 0.207 e. The van der Waals surface area contributed by atoms with Gasteiger partial charge in [0.05, 0.1) is 7.11 Å². The standard InChI is InChI=1S/C13H6BF6O/c1-21-13-9(19)4-8(18)11(12(13)20)14-10-6(16)2-5(15)3-7(10)17/h2-4H,1H3. The Kier molecular flexibility index (Phi) is 4.15. The molecule has 1 radical (unpaired) electrons. The van der Waals surface area contributed by atoms with E-state index < -0.39 is 51.6 Å². The van der Waals surface area contributed by atoms with Gasteiger partial charge in [0.15, 0.2) is 17.4 Å². The van der Waals surface area contributed by atoms with Gasteiger partial charge in [0.1, 0.15) is 23.3 Å². The SMILES string of the molecule is COc1c(F)cc(F)c([B]c2c(F)cc(F)cc2F)c1F. The maximum Gasteiger partial charge on any atom is 0.207 e. The summed E-state index contributed by atoms with van der Waals surface area (Å²) in [6.07, 6.45) is 0. The van der Waals surface area contributed by atoms with Crippen molar-refractivity contribution in [2.45, 2.75) is 0 Å². The summed E-state index contributed by atoms with van der Waals surface area (Å²) in [4.78, 5) is 0. The van der Waals surface area contributed by atoms with Crippen molar-refractivity contribution in [2.24, 2.45) is 0 Å². The monoisotopic (exact) mass is 303 g/mol. The first-order chi connectivity index (χ1) is 9.85. The molecule has 21 heavy (non-hydrogen) atoms. The molecule has 1 nitrogen and oxygen atoms in total. The number of ether oxygens (including phenoxy) is 1. The van der Waals surface area contributed by atoms with Crippen LogP contribution in [0.15, 0.2) is 18.2 Å². The number of methoxy groups -OCH3 is 1. The highest BCUT2D eigenvalue weighted by molar-refractivity contribution is 6.67. The van der Waals surface area contributed by atoms with E-state index in [-0.39, 0.29) is 0 Å². The Labute approximate surface area is 116 Å². The van der Waals surface area contributed by atoms with E-state index in [1.165, 1.54) is 0 Å². The number of rotatable bonds is 3. The number of halogens is 6. The summed E-state index contributed by atoms with van der Waals surface area (Å²) >= 11 is 0. The van der Waals surface area contributed by atoms with Crippen LogP contribution in [-0.2, 0) is 0 Å². The molecule has 8 heteroatoms. The van der Waals surface area contributed by atoms with E-state index in [1.807, 2.05) is 0 Å². The predicted octanol–water partition coefficient (Wildman–Crippen LogP) is 2.18. The summed E-state index contributed by atoms with van der Waals surface area (Å²) in [5.41, 5.74) is -1.76. The predicted molar refractivity (Wildman–Crippen MR) is 64.2 cm³/mol. The number of hydrogen-bond acceptors (Lipinski definition) is 1. The van der Waals surface area contributed by atoms with Gasteiger partial charge in [-0.2, -0.15) is 0 Å². The molecule has 0 fully saturated rings. The highest BCUT2D eigenvalue weighted by Crippen LogP contribution is 2.20. The van der Waals surface area contributed by atoms with Gasteiger partial charge in [-0.1, -0.05) is 0 Å². The molecule has 2 aromatic rings. The zero-order valence-corrected chi connectivity index (χ0v) is 10.5. The van der Waals surface area contributed by atoms with Crippen LogP contribution in [0.25, 0.3) is 0 Å². The molecule has 2 rings (SSSR count). The van der Waals surface area contributed by atoms with Gasteiger partial charge in [-0.3, -0.25) is 0 Å². The second-order valence-electron chi connectivity index (χ2n) is 4.03. The van der Waals surface area contributed by atoms with Crippen molar-refractivity contribution in [3.8, 4) is 5.75 Å². The van der Waals surface area contributed by atoms with Gasteiger partial charge in [0, 0.05) is 18.2 Å². The Hall–Kier alpha value is -2.12. The van der Waals surface area contributed by atoms with E-state index in [1.54, 1.807) is 0 Å². The summed E-state index contributed by atoms with van der Waals surface area (Å²) in [6, 6.07) is 1.02. The first-order valence-corrected chi connectivity index (χ1v) is 5.56. The third-order valence-electron chi connectivity index (χ3n) is 2.70. The van der Waals surface area contributed by atoms with E-state index in [2.05, 4.69) is 4.74 Å². The largest absolute Gasteiger partial charge is 0.491 e. The van der Waals surface area contributed by atoms with Crippen LogP contribution < -0.4 is 15.7 Å². The van der Waals surface area contributed by atoms with Gasteiger partial charge in [-0.05, 0) is 10.9 Å². The molecule has 0 aromatic heterocycles. The second kappa shape index (κ2) is 5.71. The lowest BCUT2D eigenvalue weighted by Gasteiger charge is -2.10. The highest BCUT2D eigenvalue weighted by Gasteiger charge is 2.23. The van der Waals surface area contributed by atoms with E-state index >= 15 is 0 Å². The number of benzene rings is 2. The van der Waals surface area contributed by atoms with Gasteiger partial charge in [0.2, 0.25) is 7.28 Å². The second-order valence-corrected chi connectivity index (χ2v) is 4.03. The normalized spacial score (nSPS) is 10.6. The van der Waals surface area contributed by atoms with Crippen LogP contribution in [-0.4, -0.2) is 14.4 Å². The van der Waals surface area contributed by atoms with Crippen LogP contribution in [0.1, 0.15) is 0 Å². The van der Waals surface area contributed by atoms with Crippen molar-refractivity contribution < 1.29 is 31.1 Å². The van der Waals surface area contributed by atoms with Crippen molar-refractivity contribution in [1.82, 2.24) is 0 Å². The molecule has 0 saturated carbocycles. The van der Waals surface area contributed by atoms with E-state index in [0.717, 1.165) is 7.11 Å². The molecule has 0 aliphatic rings. The van der Waals surface area contributed by atoms with Gasteiger partial charge in [0.25, 0.3) is 0 Å². The van der Waals surface area contributed by atoms with Crippen LogP contribution in [0, 0.1) is 34.9 Å². The molecule has 0 unspecified atom stereocenters. The van der Waals surface area contributed by atoms with Crippen molar-refractivity contribution in [3.05, 3.63) is 53.1 Å². The highest BCUT2D eigenvalue weighted by atomic mass is 19.2. The summed E-state index contributed by atoms with van der Waals surface area (Å²) in [7, 11) is 1.42. The van der Waals surface area contributed by atoms with E-state index in [9.17, 15) is 26.3 Å². The average Bonchev–Trinajstić information content (AvgIpc) is 2.36. The zero-order valence-electron chi connectivity index (χ0n) is 10.5.